The molecule has 3 atom stereocenters. The summed E-state index contributed by atoms with van der Waals surface area (Å²) in [5.74, 6) is 3.01. The summed E-state index contributed by atoms with van der Waals surface area (Å²) in [4.78, 5) is 12.6. The summed E-state index contributed by atoms with van der Waals surface area (Å²) >= 11 is 1.47. The van der Waals surface area contributed by atoms with Gasteiger partial charge in [-0.3, -0.25) is 0 Å². The van der Waals surface area contributed by atoms with Gasteiger partial charge in [-0.2, -0.15) is 0 Å². The van der Waals surface area contributed by atoms with Crippen molar-refractivity contribution in [3.63, 3.8) is 0 Å². The van der Waals surface area contributed by atoms with Gasteiger partial charge in [-0.1, -0.05) is 13.0 Å². The van der Waals surface area contributed by atoms with E-state index >= 15 is 0 Å². The number of thiophene rings is 1. The van der Waals surface area contributed by atoms with Crippen LogP contribution in [0.15, 0.2) is 34.1 Å². The zero-order valence-corrected chi connectivity index (χ0v) is 13.2. The van der Waals surface area contributed by atoms with E-state index in [1.165, 1.54) is 17.8 Å². The van der Waals surface area contributed by atoms with E-state index in [9.17, 15) is 9.90 Å². The van der Waals surface area contributed by atoms with Crippen LogP contribution in [0.25, 0.3) is 0 Å². The molecule has 0 radical (unpaired) electrons. The van der Waals surface area contributed by atoms with Crippen molar-refractivity contribution in [1.29, 1.82) is 0 Å². The number of urea groups is 1. The first-order valence-electron chi connectivity index (χ1n) is 7.45. The Labute approximate surface area is 133 Å². The molecule has 2 aromatic rings. The molecule has 0 bridgehead atoms. The van der Waals surface area contributed by atoms with Crippen LogP contribution in [0.2, 0.25) is 0 Å². The third-order valence-electron chi connectivity index (χ3n) is 3.91. The number of aliphatic hydroxyl groups excluding tert-OH is 1. The fourth-order valence-corrected chi connectivity index (χ4v) is 3.12. The van der Waals surface area contributed by atoms with Crippen molar-refractivity contribution in [1.82, 2.24) is 10.6 Å². The van der Waals surface area contributed by atoms with Crippen LogP contribution in [0.3, 0.4) is 0 Å². The Bertz CT molecular complexity index is 623. The summed E-state index contributed by atoms with van der Waals surface area (Å²) in [6.07, 6.45) is 0.513. The molecule has 118 valence electrons. The lowest BCUT2D eigenvalue weighted by Gasteiger charge is -2.10. The molecule has 2 aromatic heterocycles. The summed E-state index contributed by atoms with van der Waals surface area (Å²) in [5, 5.41) is 17.2. The van der Waals surface area contributed by atoms with Gasteiger partial charge in [0.2, 0.25) is 0 Å². The zero-order valence-electron chi connectivity index (χ0n) is 12.4. The summed E-state index contributed by atoms with van der Waals surface area (Å²) in [6, 6.07) is 7.30. The predicted octanol–water partition coefficient (Wildman–Crippen LogP) is 3.00. The van der Waals surface area contributed by atoms with E-state index in [1.807, 2.05) is 29.6 Å². The van der Waals surface area contributed by atoms with Crippen LogP contribution >= 0.6 is 11.3 Å². The number of amides is 2. The van der Waals surface area contributed by atoms with Crippen molar-refractivity contribution in [2.75, 3.05) is 6.54 Å². The third kappa shape index (κ3) is 3.69. The molecule has 22 heavy (non-hydrogen) atoms. The van der Waals surface area contributed by atoms with E-state index in [2.05, 4.69) is 17.6 Å². The second kappa shape index (κ2) is 6.54. The van der Waals surface area contributed by atoms with Crippen LogP contribution in [0.5, 0.6) is 0 Å². The first-order valence-corrected chi connectivity index (χ1v) is 8.33. The lowest BCUT2D eigenvalue weighted by atomic mass is 10.3. The minimum Gasteiger partial charge on any atom is -0.464 e. The summed E-state index contributed by atoms with van der Waals surface area (Å²) in [6.45, 7) is 2.74. The molecule has 5 nitrogen and oxygen atoms in total. The highest BCUT2D eigenvalue weighted by Crippen LogP contribution is 2.47. The van der Waals surface area contributed by atoms with Crippen molar-refractivity contribution in [3.05, 3.63) is 46.0 Å². The Balaban J connectivity index is 1.39. The lowest BCUT2D eigenvalue weighted by molar-refractivity contribution is 0.176. The summed E-state index contributed by atoms with van der Waals surface area (Å²) in [7, 11) is 0. The number of aliphatic hydroxyl groups is 1. The van der Waals surface area contributed by atoms with E-state index in [0.717, 1.165) is 16.4 Å². The smallest absolute Gasteiger partial charge is 0.315 e. The highest BCUT2D eigenvalue weighted by molar-refractivity contribution is 7.10. The fourth-order valence-electron chi connectivity index (χ4n) is 2.41. The molecule has 6 heteroatoms. The normalized spacial score (nSPS) is 21.4. The predicted molar refractivity (Wildman–Crippen MR) is 84.7 cm³/mol. The van der Waals surface area contributed by atoms with E-state index in [4.69, 9.17) is 4.42 Å². The van der Waals surface area contributed by atoms with Crippen molar-refractivity contribution in [3.8, 4) is 0 Å². The van der Waals surface area contributed by atoms with Gasteiger partial charge >= 0.3 is 6.03 Å². The molecule has 0 saturated heterocycles. The summed E-state index contributed by atoms with van der Waals surface area (Å²) in [5.41, 5.74) is 0. The second-order valence-electron chi connectivity index (χ2n) is 5.72. The Hall–Kier alpha value is -1.79. The molecule has 3 N–H and O–H groups in total. The van der Waals surface area contributed by atoms with Gasteiger partial charge in [-0.15, -0.1) is 11.3 Å². The van der Waals surface area contributed by atoms with Gasteiger partial charge in [0.15, 0.2) is 0 Å². The maximum absolute atomic E-state index is 11.7. The molecule has 3 rings (SSSR count). The lowest BCUT2D eigenvalue weighted by Crippen LogP contribution is -2.37. The van der Waals surface area contributed by atoms with Crippen LogP contribution < -0.4 is 10.6 Å². The second-order valence-corrected chi connectivity index (χ2v) is 6.70. The van der Waals surface area contributed by atoms with Crippen molar-refractivity contribution in [2.24, 2.45) is 5.92 Å². The van der Waals surface area contributed by atoms with Gasteiger partial charge in [0.1, 0.15) is 17.6 Å². The van der Waals surface area contributed by atoms with E-state index in [1.54, 1.807) is 0 Å². The highest BCUT2D eigenvalue weighted by Gasteiger charge is 2.36. The molecule has 1 aliphatic carbocycles. The zero-order chi connectivity index (χ0) is 15.5. The van der Waals surface area contributed by atoms with Gasteiger partial charge in [0.05, 0.1) is 13.1 Å². The van der Waals surface area contributed by atoms with E-state index in [-0.39, 0.29) is 12.6 Å². The number of carbonyl (C=O) groups is 1. The van der Waals surface area contributed by atoms with Gasteiger partial charge in [-0.05, 0) is 35.9 Å². The van der Waals surface area contributed by atoms with Crippen LogP contribution in [-0.4, -0.2) is 17.7 Å². The average molecular weight is 320 g/mol. The molecule has 0 unspecified atom stereocenters. The minimum absolute atomic E-state index is 0.190. The van der Waals surface area contributed by atoms with Crippen LogP contribution in [-0.2, 0) is 6.54 Å². The molecule has 0 aliphatic heterocycles. The third-order valence-corrected chi connectivity index (χ3v) is 4.88. The summed E-state index contributed by atoms with van der Waals surface area (Å²) < 4.78 is 5.72. The number of rotatable bonds is 6. The van der Waals surface area contributed by atoms with Crippen LogP contribution in [0.4, 0.5) is 4.79 Å². The van der Waals surface area contributed by atoms with Crippen molar-refractivity contribution in [2.45, 2.75) is 31.9 Å². The van der Waals surface area contributed by atoms with E-state index in [0.29, 0.717) is 18.4 Å². The number of hydrogen-bond donors (Lipinski definition) is 3. The van der Waals surface area contributed by atoms with Gasteiger partial charge < -0.3 is 20.2 Å². The molecule has 2 amide bonds. The largest absolute Gasteiger partial charge is 0.464 e. The first-order chi connectivity index (χ1) is 10.6. The topological polar surface area (TPSA) is 74.5 Å². The molecule has 0 aromatic carbocycles. The Morgan fingerprint density at radius 1 is 1.45 bits per heavy atom. The van der Waals surface area contributed by atoms with E-state index < -0.39 is 6.10 Å². The molecular weight excluding hydrogens is 300 g/mol. The Morgan fingerprint density at radius 3 is 2.95 bits per heavy atom. The van der Waals surface area contributed by atoms with Crippen molar-refractivity contribution >= 4 is 17.4 Å². The standard InChI is InChI=1S/C16H20N2O3S/c1-10-7-12(10)14-5-4-11(21-14)8-17-16(20)18-9-13(19)15-3-2-6-22-15/h2-6,10,12-13,19H,7-9H2,1H3,(H2,17,18,20)/t10-,12-,13-/m1/s1. The average Bonchev–Trinajstić information content (AvgIpc) is 2.98. The monoisotopic (exact) mass is 320 g/mol. The molecule has 0 spiro atoms. The highest BCUT2D eigenvalue weighted by atomic mass is 32.1. The number of carbonyl (C=O) groups excluding carboxylic acids is 1. The van der Waals surface area contributed by atoms with Crippen LogP contribution in [0.1, 0.15) is 41.8 Å². The Morgan fingerprint density at radius 2 is 2.27 bits per heavy atom. The quantitative estimate of drug-likeness (QED) is 0.766. The molecule has 1 aliphatic rings. The fraction of sp³-hybridized carbons (Fsp3) is 0.438. The number of nitrogens with one attached hydrogen (secondary N) is 2. The number of hydrogen-bond acceptors (Lipinski definition) is 4. The first kappa shape index (κ1) is 15.1. The maximum Gasteiger partial charge on any atom is 0.315 e. The molecule has 2 heterocycles. The van der Waals surface area contributed by atoms with Crippen molar-refractivity contribution < 1.29 is 14.3 Å². The maximum atomic E-state index is 11.7. The Kier molecular flexibility index (Phi) is 4.49. The number of furan rings is 1. The van der Waals surface area contributed by atoms with Gasteiger partial charge in [-0.25, -0.2) is 4.79 Å². The SMILES string of the molecule is C[C@@H]1C[C@H]1c1ccc(CNC(=O)NC[C@@H](O)c2cccs2)o1. The minimum atomic E-state index is -0.669. The van der Waals surface area contributed by atoms with Crippen LogP contribution in [0, 0.1) is 5.92 Å². The molecular formula is C16H20N2O3S. The molecule has 1 saturated carbocycles. The van der Waals surface area contributed by atoms with Gasteiger partial charge in [0.25, 0.3) is 0 Å². The van der Waals surface area contributed by atoms with Gasteiger partial charge in [0, 0.05) is 10.8 Å². The molecule has 1 fully saturated rings.